The minimum Gasteiger partial charge on any atom is -0.299 e. The second kappa shape index (κ2) is 11.8. The lowest BCUT2D eigenvalue weighted by Crippen LogP contribution is -2.43. The highest BCUT2D eigenvalue weighted by Gasteiger charge is 2.44. The molecule has 0 radical (unpaired) electrons. The molecule has 1 atom stereocenters. The lowest BCUT2D eigenvalue weighted by atomic mass is 9.70. The van der Waals surface area contributed by atoms with Crippen molar-refractivity contribution < 1.29 is 8.78 Å². The van der Waals surface area contributed by atoms with Crippen LogP contribution in [0.3, 0.4) is 0 Å². The van der Waals surface area contributed by atoms with E-state index in [1.807, 2.05) is 45.6 Å². The summed E-state index contributed by atoms with van der Waals surface area (Å²) >= 11 is 0. The Bertz CT molecular complexity index is 2210. The van der Waals surface area contributed by atoms with Gasteiger partial charge in [0.15, 0.2) is 0 Å². The van der Waals surface area contributed by atoms with Gasteiger partial charge in [-0.05, 0) is 66.1 Å². The summed E-state index contributed by atoms with van der Waals surface area (Å²) in [6, 6.07) is 38.0. The normalized spacial score (nSPS) is 14.6. The lowest BCUT2D eigenvalue weighted by Gasteiger charge is -2.41. The molecule has 6 heteroatoms. The van der Waals surface area contributed by atoms with E-state index in [9.17, 15) is 4.39 Å². The first-order valence-electron chi connectivity index (χ1n) is 15.7. The zero-order valence-electron chi connectivity index (χ0n) is 25.4. The second-order valence-electron chi connectivity index (χ2n) is 11.8. The van der Waals surface area contributed by atoms with Gasteiger partial charge in [-0.15, -0.1) is 0 Å². The fourth-order valence-corrected chi connectivity index (χ4v) is 6.90. The number of halogens is 2. The van der Waals surface area contributed by atoms with Gasteiger partial charge in [0.05, 0.1) is 11.9 Å². The number of nitrogens with zero attached hydrogens (tertiary/aromatic N) is 4. The number of hydrogen-bond acceptors (Lipinski definition) is 2. The van der Waals surface area contributed by atoms with E-state index in [-0.39, 0.29) is 17.6 Å². The average molecular weight is 617 g/mol. The summed E-state index contributed by atoms with van der Waals surface area (Å²) in [6.45, 7) is 0. The van der Waals surface area contributed by atoms with E-state index in [1.165, 1.54) is 18.2 Å². The van der Waals surface area contributed by atoms with Gasteiger partial charge in [-0.1, -0.05) is 97.1 Å². The molecule has 1 unspecified atom stereocenters. The molecule has 1 aliphatic carbocycles. The zero-order chi connectivity index (χ0) is 31.8. The quantitative estimate of drug-likeness (QED) is 0.179. The summed E-state index contributed by atoms with van der Waals surface area (Å²) in [5.74, 6) is -0.631. The molecule has 0 saturated heterocycles. The van der Waals surface area contributed by atoms with Gasteiger partial charge in [0.2, 0.25) is 0 Å². The van der Waals surface area contributed by atoms with Gasteiger partial charge in [-0.3, -0.25) is 9.08 Å². The highest BCUT2D eigenvalue weighted by atomic mass is 19.1. The van der Waals surface area contributed by atoms with Crippen molar-refractivity contribution in [3.8, 4) is 33.6 Å². The van der Waals surface area contributed by atoms with Gasteiger partial charge in [-0.2, -0.15) is 5.10 Å². The number of hydrogen-bond donors (Lipinski definition) is 0. The molecule has 228 valence electrons. The van der Waals surface area contributed by atoms with Crippen LogP contribution in [-0.2, 0) is 5.54 Å². The first-order chi connectivity index (χ1) is 23.1. The monoisotopic (exact) mass is 616 g/mol. The molecule has 3 heterocycles. The third-order valence-corrected chi connectivity index (χ3v) is 9.11. The van der Waals surface area contributed by atoms with Crippen LogP contribution in [0.15, 0.2) is 164 Å². The molecular formula is C41H30F2N4. The molecular weight excluding hydrogens is 586 g/mol. The molecule has 0 N–H and O–H groups in total. The molecule has 4 nitrogen and oxygen atoms in total. The van der Waals surface area contributed by atoms with Crippen molar-refractivity contribution in [2.75, 3.05) is 0 Å². The van der Waals surface area contributed by atoms with Gasteiger partial charge < -0.3 is 0 Å². The van der Waals surface area contributed by atoms with E-state index in [4.69, 9.17) is 5.10 Å². The van der Waals surface area contributed by atoms with E-state index in [2.05, 4.69) is 84.0 Å². The molecule has 0 saturated carbocycles. The Morgan fingerprint density at radius 3 is 2.02 bits per heavy atom. The van der Waals surface area contributed by atoms with E-state index >= 15 is 4.39 Å². The fraction of sp³-hybridized carbons (Fsp3) is 0.0732. The molecule has 0 fully saturated rings. The smallest absolute Gasteiger partial charge is 0.137 e. The maximum Gasteiger partial charge on any atom is 0.137 e. The van der Waals surface area contributed by atoms with Crippen LogP contribution in [0.4, 0.5) is 8.78 Å². The van der Waals surface area contributed by atoms with Crippen LogP contribution in [0.5, 0.6) is 0 Å². The molecule has 1 aliphatic rings. The van der Waals surface area contributed by atoms with Gasteiger partial charge in [-0.25, -0.2) is 13.8 Å². The molecule has 8 rings (SSSR count). The topological polar surface area (TPSA) is 35.1 Å². The van der Waals surface area contributed by atoms with Gasteiger partial charge in [0, 0.05) is 40.6 Å². The molecule has 7 aromatic rings. The van der Waals surface area contributed by atoms with Crippen molar-refractivity contribution in [1.29, 1.82) is 0 Å². The van der Waals surface area contributed by atoms with E-state index in [1.54, 1.807) is 30.5 Å². The first-order valence-corrected chi connectivity index (χ1v) is 15.7. The van der Waals surface area contributed by atoms with Crippen LogP contribution in [0, 0.1) is 17.6 Å². The Kier molecular flexibility index (Phi) is 7.18. The maximum atomic E-state index is 15.7. The number of aromatic nitrogens is 4. The fourth-order valence-electron chi connectivity index (χ4n) is 6.90. The van der Waals surface area contributed by atoms with E-state index in [0.29, 0.717) is 11.3 Å². The summed E-state index contributed by atoms with van der Waals surface area (Å²) < 4.78 is 33.5. The van der Waals surface area contributed by atoms with Gasteiger partial charge >= 0.3 is 0 Å². The number of allylic oxidation sites excluding steroid dienone is 4. The van der Waals surface area contributed by atoms with Crippen LogP contribution >= 0.6 is 0 Å². The van der Waals surface area contributed by atoms with Crippen LogP contribution in [-0.4, -0.2) is 19.2 Å². The van der Waals surface area contributed by atoms with Crippen molar-refractivity contribution in [2.24, 2.45) is 5.92 Å². The zero-order valence-corrected chi connectivity index (χ0v) is 25.4. The Hall–Kier alpha value is -5.88. The number of fused-ring (bicyclic) bond motifs is 1. The summed E-state index contributed by atoms with van der Waals surface area (Å²) in [7, 11) is 0. The largest absolute Gasteiger partial charge is 0.299 e. The Morgan fingerprint density at radius 1 is 0.660 bits per heavy atom. The predicted octanol–water partition coefficient (Wildman–Crippen LogP) is 9.73. The van der Waals surface area contributed by atoms with Crippen molar-refractivity contribution in [2.45, 2.75) is 12.0 Å². The van der Waals surface area contributed by atoms with Crippen LogP contribution < -0.4 is 0 Å². The molecule has 0 bridgehead atoms. The third-order valence-electron chi connectivity index (χ3n) is 9.11. The van der Waals surface area contributed by atoms with Crippen molar-refractivity contribution in [1.82, 2.24) is 19.2 Å². The minimum atomic E-state index is -0.750. The van der Waals surface area contributed by atoms with Crippen molar-refractivity contribution >= 4 is 5.65 Å². The highest BCUT2D eigenvalue weighted by Crippen LogP contribution is 2.46. The highest BCUT2D eigenvalue weighted by molar-refractivity contribution is 5.81. The standard InChI is InChI=1S/C41H30F2N4/c42-34-23-20-29(21-24-34)38-26-44-39-25-22-30(27-46(38)39)36-28-47(45-40(36)35-18-10-11-19-37(35)43)41(31-12-4-1-5-13-31,32-14-6-2-7-15-32)33-16-8-3-9-17-33/h1-16,18-28,33H,17H2. The summed E-state index contributed by atoms with van der Waals surface area (Å²) in [5, 5.41) is 5.33. The summed E-state index contributed by atoms with van der Waals surface area (Å²) in [6.07, 6.45) is 15.3. The number of rotatable bonds is 7. The number of benzene rings is 4. The third kappa shape index (κ3) is 4.90. The first kappa shape index (κ1) is 28.6. The van der Waals surface area contributed by atoms with Crippen molar-refractivity contribution in [3.05, 3.63) is 187 Å². The van der Waals surface area contributed by atoms with Crippen LogP contribution in [0.25, 0.3) is 39.3 Å². The number of imidazole rings is 1. The van der Waals surface area contributed by atoms with Gasteiger partial charge in [0.25, 0.3) is 0 Å². The molecule has 3 aromatic heterocycles. The van der Waals surface area contributed by atoms with E-state index < -0.39 is 5.54 Å². The maximum absolute atomic E-state index is 15.7. The number of pyridine rings is 1. The minimum absolute atomic E-state index is 0.0136. The van der Waals surface area contributed by atoms with Crippen LogP contribution in [0.2, 0.25) is 0 Å². The predicted molar refractivity (Wildman–Crippen MR) is 183 cm³/mol. The lowest BCUT2D eigenvalue weighted by molar-refractivity contribution is 0.293. The van der Waals surface area contributed by atoms with E-state index in [0.717, 1.165) is 45.6 Å². The molecule has 0 amide bonds. The van der Waals surface area contributed by atoms with Gasteiger partial charge in [0.1, 0.15) is 28.5 Å². The molecule has 47 heavy (non-hydrogen) atoms. The summed E-state index contributed by atoms with van der Waals surface area (Å²) in [4.78, 5) is 4.61. The second-order valence-corrected chi connectivity index (χ2v) is 11.8. The van der Waals surface area contributed by atoms with Crippen LogP contribution in [0.1, 0.15) is 17.5 Å². The Labute approximate surface area is 271 Å². The Morgan fingerprint density at radius 2 is 1.34 bits per heavy atom. The molecule has 0 aliphatic heterocycles. The summed E-state index contributed by atoms with van der Waals surface area (Å²) in [5.41, 5.74) is 6.39. The van der Waals surface area contributed by atoms with Crippen molar-refractivity contribution in [3.63, 3.8) is 0 Å². The Balaban J connectivity index is 1.41. The average Bonchev–Trinajstić information content (AvgIpc) is 3.76. The molecule has 4 aromatic carbocycles. The SMILES string of the molecule is Fc1ccc(-c2cnc3ccc(-c4cn(C(c5ccccc5)(c5ccccc5)C5C=CC=CC5)nc4-c4ccccc4F)cn23)cc1. The molecule has 0 spiro atoms.